The van der Waals surface area contributed by atoms with Crippen molar-refractivity contribution >= 4 is 11.8 Å². The van der Waals surface area contributed by atoms with Gasteiger partial charge in [0.2, 0.25) is 0 Å². The molecule has 0 saturated carbocycles. The molecule has 0 unspecified atom stereocenters. The van der Waals surface area contributed by atoms with Crippen molar-refractivity contribution in [3.05, 3.63) is 65.0 Å². The Morgan fingerprint density at radius 3 is 2.53 bits per heavy atom. The molecule has 0 fully saturated rings. The van der Waals surface area contributed by atoms with Crippen LogP contribution in [-0.2, 0) is 12.4 Å². The van der Waals surface area contributed by atoms with Crippen LogP contribution >= 0.6 is 11.8 Å². The number of aliphatic hydroxyl groups excluding tert-OH is 1. The van der Waals surface area contributed by atoms with E-state index in [9.17, 15) is 4.39 Å². The zero-order valence-corrected chi connectivity index (χ0v) is 11.0. The van der Waals surface area contributed by atoms with Gasteiger partial charge in [0, 0.05) is 10.6 Å². The molecule has 1 N–H and O–H groups in total. The minimum Gasteiger partial charge on any atom is -0.392 e. The minimum absolute atomic E-state index is 0.0213. The Balaban J connectivity index is 2.09. The molecule has 0 bridgehead atoms. The molecule has 0 saturated heterocycles. The van der Waals surface area contributed by atoms with Crippen LogP contribution in [0.4, 0.5) is 4.39 Å². The van der Waals surface area contributed by atoms with Crippen molar-refractivity contribution in [1.82, 2.24) is 0 Å². The van der Waals surface area contributed by atoms with E-state index in [2.05, 4.69) is 6.07 Å². The number of nitriles is 1. The first-order chi connectivity index (χ1) is 9.22. The van der Waals surface area contributed by atoms with E-state index in [0.717, 1.165) is 10.5 Å². The van der Waals surface area contributed by atoms with Crippen molar-refractivity contribution in [3.63, 3.8) is 0 Å². The Morgan fingerprint density at radius 2 is 1.89 bits per heavy atom. The van der Waals surface area contributed by atoms with Gasteiger partial charge in [0.25, 0.3) is 0 Å². The largest absolute Gasteiger partial charge is 0.392 e. The molecule has 0 aromatic heterocycles. The molecule has 0 aliphatic carbocycles. The first-order valence-corrected chi connectivity index (χ1v) is 6.72. The lowest BCUT2D eigenvalue weighted by Gasteiger charge is -2.05. The second-order valence-electron chi connectivity index (χ2n) is 4.00. The Kier molecular flexibility index (Phi) is 4.56. The van der Waals surface area contributed by atoms with Crippen LogP contribution < -0.4 is 0 Å². The molecular formula is C15H12FNOS. The van der Waals surface area contributed by atoms with Crippen molar-refractivity contribution in [2.24, 2.45) is 0 Å². The fourth-order valence-corrected chi connectivity index (χ4v) is 2.53. The Morgan fingerprint density at radius 1 is 1.16 bits per heavy atom. The number of aliphatic hydroxyl groups is 1. The van der Waals surface area contributed by atoms with Crippen molar-refractivity contribution < 1.29 is 9.50 Å². The van der Waals surface area contributed by atoms with Crippen LogP contribution in [0, 0.1) is 17.1 Å². The molecule has 0 atom stereocenters. The van der Waals surface area contributed by atoms with Crippen molar-refractivity contribution in [2.75, 3.05) is 0 Å². The predicted octanol–water partition coefficient (Wildman–Crippen LogP) is 3.48. The molecule has 2 rings (SSSR count). The molecule has 2 aromatic carbocycles. The van der Waals surface area contributed by atoms with E-state index in [4.69, 9.17) is 10.4 Å². The topological polar surface area (TPSA) is 44.0 Å². The van der Waals surface area contributed by atoms with E-state index in [1.807, 2.05) is 24.3 Å². The summed E-state index contributed by atoms with van der Waals surface area (Å²) in [5, 5.41) is 17.9. The van der Waals surface area contributed by atoms with Gasteiger partial charge < -0.3 is 5.11 Å². The highest BCUT2D eigenvalue weighted by atomic mass is 32.2. The van der Waals surface area contributed by atoms with Crippen LogP contribution in [0.15, 0.2) is 47.4 Å². The number of hydrogen-bond donors (Lipinski definition) is 1. The van der Waals surface area contributed by atoms with Gasteiger partial charge in [0.1, 0.15) is 5.82 Å². The summed E-state index contributed by atoms with van der Waals surface area (Å²) in [5.74, 6) is 0.212. The zero-order valence-electron chi connectivity index (χ0n) is 10.1. The number of rotatable bonds is 4. The van der Waals surface area contributed by atoms with Gasteiger partial charge in [-0.3, -0.25) is 0 Å². The van der Waals surface area contributed by atoms with E-state index in [1.54, 1.807) is 0 Å². The summed E-state index contributed by atoms with van der Waals surface area (Å²) in [6.45, 7) is 0.0213. The van der Waals surface area contributed by atoms with Gasteiger partial charge in [-0.15, -0.1) is 11.8 Å². The maximum absolute atomic E-state index is 13.2. The number of benzene rings is 2. The first-order valence-electron chi connectivity index (χ1n) is 5.74. The standard InChI is InChI=1S/C15H12FNOS/c16-14-4-3-12(8-17)13(7-14)10-19-15-5-1-11(9-18)2-6-15/h1-7,18H,9-10H2. The molecule has 96 valence electrons. The summed E-state index contributed by atoms with van der Waals surface area (Å²) in [7, 11) is 0. The lowest BCUT2D eigenvalue weighted by molar-refractivity contribution is 0.282. The lowest BCUT2D eigenvalue weighted by atomic mass is 10.1. The molecule has 4 heteroatoms. The van der Waals surface area contributed by atoms with Crippen molar-refractivity contribution in [2.45, 2.75) is 17.3 Å². The highest BCUT2D eigenvalue weighted by Crippen LogP contribution is 2.25. The van der Waals surface area contributed by atoms with E-state index < -0.39 is 0 Å². The van der Waals surface area contributed by atoms with Crippen LogP contribution in [0.5, 0.6) is 0 Å². The van der Waals surface area contributed by atoms with Crippen LogP contribution in [0.2, 0.25) is 0 Å². The number of hydrogen-bond acceptors (Lipinski definition) is 3. The minimum atomic E-state index is -0.328. The predicted molar refractivity (Wildman–Crippen MR) is 73.0 cm³/mol. The summed E-state index contributed by atoms with van der Waals surface area (Å²) in [4.78, 5) is 1.02. The Bertz CT molecular complexity index is 605. The van der Waals surface area contributed by atoms with Crippen LogP contribution in [0.25, 0.3) is 0 Å². The third-order valence-corrected chi connectivity index (χ3v) is 3.75. The summed E-state index contributed by atoms with van der Waals surface area (Å²) < 4.78 is 13.2. The van der Waals surface area contributed by atoms with Gasteiger partial charge >= 0.3 is 0 Å². The van der Waals surface area contributed by atoms with Gasteiger partial charge in [-0.05, 0) is 41.5 Å². The third-order valence-electron chi connectivity index (χ3n) is 2.69. The second-order valence-corrected chi connectivity index (χ2v) is 5.05. The van der Waals surface area contributed by atoms with Crippen LogP contribution in [-0.4, -0.2) is 5.11 Å². The highest BCUT2D eigenvalue weighted by Gasteiger charge is 2.05. The van der Waals surface area contributed by atoms with E-state index >= 15 is 0 Å². The molecule has 0 spiro atoms. The lowest BCUT2D eigenvalue weighted by Crippen LogP contribution is -1.89. The maximum Gasteiger partial charge on any atom is 0.123 e. The first kappa shape index (κ1) is 13.6. The number of nitrogens with zero attached hydrogens (tertiary/aromatic N) is 1. The van der Waals surface area contributed by atoms with E-state index in [-0.39, 0.29) is 12.4 Å². The fourth-order valence-electron chi connectivity index (χ4n) is 1.64. The molecule has 2 nitrogen and oxygen atoms in total. The fraction of sp³-hybridized carbons (Fsp3) is 0.133. The van der Waals surface area contributed by atoms with Gasteiger partial charge in [0.15, 0.2) is 0 Å². The van der Waals surface area contributed by atoms with E-state index in [0.29, 0.717) is 16.9 Å². The molecule has 0 aliphatic rings. The molecule has 0 aliphatic heterocycles. The monoisotopic (exact) mass is 273 g/mol. The average Bonchev–Trinajstić information content (AvgIpc) is 2.46. The third kappa shape index (κ3) is 3.57. The number of thioether (sulfide) groups is 1. The molecule has 0 heterocycles. The Hall–Kier alpha value is -1.83. The molecule has 2 aromatic rings. The maximum atomic E-state index is 13.2. The van der Waals surface area contributed by atoms with Gasteiger partial charge in [-0.2, -0.15) is 5.26 Å². The van der Waals surface area contributed by atoms with E-state index in [1.165, 1.54) is 30.0 Å². The zero-order chi connectivity index (χ0) is 13.7. The van der Waals surface area contributed by atoms with Gasteiger partial charge in [-0.1, -0.05) is 12.1 Å². The molecule has 0 amide bonds. The molecule has 0 radical (unpaired) electrons. The number of halogens is 1. The summed E-state index contributed by atoms with van der Waals surface area (Å²) >= 11 is 1.53. The van der Waals surface area contributed by atoms with Gasteiger partial charge in [0.05, 0.1) is 18.2 Å². The average molecular weight is 273 g/mol. The van der Waals surface area contributed by atoms with Crippen LogP contribution in [0.3, 0.4) is 0 Å². The summed E-state index contributed by atoms with van der Waals surface area (Å²) in [6.07, 6.45) is 0. The smallest absolute Gasteiger partial charge is 0.123 e. The SMILES string of the molecule is N#Cc1ccc(F)cc1CSc1ccc(CO)cc1. The summed E-state index contributed by atoms with van der Waals surface area (Å²) in [5.41, 5.74) is 2.05. The summed E-state index contributed by atoms with van der Waals surface area (Å²) in [6, 6.07) is 13.8. The quantitative estimate of drug-likeness (QED) is 0.867. The molecule has 19 heavy (non-hydrogen) atoms. The van der Waals surface area contributed by atoms with Crippen molar-refractivity contribution in [3.8, 4) is 6.07 Å². The molecular weight excluding hydrogens is 261 g/mol. The van der Waals surface area contributed by atoms with Crippen LogP contribution in [0.1, 0.15) is 16.7 Å². The van der Waals surface area contributed by atoms with Crippen molar-refractivity contribution in [1.29, 1.82) is 5.26 Å². The second kappa shape index (κ2) is 6.37. The van der Waals surface area contributed by atoms with Gasteiger partial charge in [-0.25, -0.2) is 4.39 Å². The highest BCUT2D eigenvalue weighted by molar-refractivity contribution is 7.98. The Labute approximate surface area is 115 Å². The normalized spacial score (nSPS) is 10.2.